The van der Waals surface area contributed by atoms with Gasteiger partial charge in [0.25, 0.3) is 0 Å². The van der Waals surface area contributed by atoms with Crippen molar-refractivity contribution in [2.24, 2.45) is 0 Å². The van der Waals surface area contributed by atoms with E-state index in [1.165, 1.54) is 6.08 Å². The maximum absolute atomic E-state index is 10.3. The number of carbonyl (C=O) groups is 1. The molecule has 0 aliphatic carbocycles. The van der Waals surface area contributed by atoms with Crippen molar-refractivity contribution in [1.29, 1.82) is 0 Å². The van der Waals surface area contributed by atoms with Gasteiger partial charge in [0.05, 0.1) is 11.6 Å². The van der Waals surface area contributed by atoms with Crippen molar-refractivity contribution >= 4 is 28.0 Å². The third-order valence-electron chi connectivity index (χ3n) is 1.59. The number of ether oxygens (including phenoxy) is 1. The van der Waals surface area contributed by atoms with E-state index in [0.717, 1.165) is 21.9 Å². The summed E-state index contributed by atoms with van der Waals surface area (Å²) in [6.07, 6.45) is 2.61. The van der Waals surface area contributed by atoms with Crippen LogP contribution < -0.4 is 4.74 Å². The van der Waals surface area contributed by atoms with E-state index in [-0.39, 0.29) is 0 Å². The van der Waals surface area contributed by atoms with E-state index < -0.39 is 5.97 Å². The highest BCUT2D eigenvalue weighted by atomic mass is 79.9. The van der Waals surface area contributed by atoms with Crippen LogP contribution in [-0.2, 0) is 4.79 Å². The summed E-state index contributed by atoms with van der Waals surface area (Å²) in [4.78, 5) is 10.3. The molecule has 1 rings (SSSR count). The van der Waals surface area contributed by atoms with Crippen LogP contribution >= 0.6 is 15.9 Å². The second-order valence-corrected chi connectivity index (χ2v) is 3.42. The zero-order valence-corrected chi connectivity index (χ0v) is 9.11. The van der Waals surface area contributed by atoms with Crippen LogP contribution in [0.25, 0.3) is 6.08 Å². The summed E-state index contributed by atoms with van der Waals surface area (Å²) in [6, 6.07) is 5.34. The van der Waals surface area contributed by atoms with Gasteiger partial charge in [-0.05, 0) is 39.7 Å². The van der Waals surface area contributed by atoms with Crippen molar-refractivity contribution in [2.75, 3.05) is 7.11 Å². The van der Waals surface area contributed by atoms with Crippen LogP contribution in [0.2, 0.25) is 0 Å². The molecule has 74 valence electrons. The molecule has 0 bridgehead atoms. The van der Waals surface area contributed by atoms with Gasteiger partial charge in [0, 0.05) is 6.08 Å². The van der Waals surface area contributed by atoms with E-state index >= 15 is 0 Å². The summed E-state index contributed by atoms with van der Waals surface area (Å²) >= 11 is 3.31. The lowest BCUT2D eigenvalue weighted by molar-refractivity contribution is -0.131. The number of carboxylic acids is 1. The van der Waals surface area contributed by atoms with Crippen molar-refractivity contribution in [2.45, 2.75) is 0 Å². The number of hydrogen-bond acceptors (Lipinski definition) is 2. The molecule has 3 nitrogen and oxygen atoms in total. The first-order valence-corrected chi connectivity index (χ1v) is 4.67. The first kappa shape index (κ1) is 10.8. The van der Waals surface area contributed by atoms with Crippen LogP contribution in [0, 0.1) is 0 Å². The molecular weight excluding hydrogens is 248 g/mol. The summed E-state index contributed by atoms with van der Waals surface area (Å²) < 4.78 is 5.84. The zero-order chi connectivity index (χ0) is 10.6. The van der Waals surface area contributed by atoms with Gasteiger partial charge in [-0.3, -0.25) is 0 Å². The largest absolute Gasteiger partial charge is 0.496 e. The standard InChI is InChI=1S/C10H9BrO3/c1-14-9-4-2-7(6-8(9)11)3-5-10(12)13/h2-6H,1H3,(H,12,13)/b5-3-. The molecule has 4 heteroatoms. The molecule has 0 amide bonds. The molecular formula is C10H9BrO3. The fraction of sp³-hybridized carbons (Fsp3) is 0.100. The molecule has 0 heterocycles. The fourth-order valence-corrected chi connectivity index (χ4v) is 1.51. The minimum Gasteiger partial charge on any atom is -0.496 e. The normalized spacial score (nSPS) is 10.4. The Bertz CT molecular complexity index is 372. The lowest BCUT2D eigenvalue weighted by Gasteiger charge is -2.02. The Hall–Kier alpha value is -1.29. The van der Waals surface area contributed by atoms with E-state index in [4.69, 9.17) is 9.84 Å². The Morgan fingerprint density at radius 2 is 2.29 bits per heavy atom. The van der Waals surface area contributed by atoms with Gasteiger partial charge in [0.2, 0.25) is 0 Å². The van der Waals surface area contributed by atoms with Gasteiger partial charge in [0.1, 0.15) is 5.75 Å². The molecule has 0 atom stereocenters. The Labute approximate surface area is 90.1 Å². The summed E-state index contributed by atoms with van der Waals surface area (Å²) in [7, 11) is 1.58. The van der Waals surface area contributed by atoms with Crippen LogP contribution in [0.4, 0.5) is 0 Å². The number of rotatable bonds is 3. The average molecular weight is 257 g/mol. The second-order valence-electron chi connectivity index (χ2n) is 2.57. The summed E-state index contributed by atoms with van der Waals surface area (Å²) in [5.74, 6) is -0.241. The van der Waals surface area contributed by atoms with Crippen molar-refractivity contribution < 1.29 is 14.6 Å². The van der Waals surface area contributed by atoms with Gasteiger partial charge in [-0.1, -0.05) is 6.07 Å². The number of benzene rings is 1. The number of halogens is 1. The van der Waals surface area contributed by atoms with Crippen molar-refractivity contribution in [1.82, 2.24) is 0 Å². The Morgan fingerprint density at radius 3 is 2.79 bits per heavy atom. The van der Waals surface area contributed by atoms with E-state index in [0.29, 0.717) is 0 Å². The first-order chi connectivity index (χ1) is 6.63. The average Bonchev–Trinajstić information content (AvgIpc) is 2.15. The van der Waals surface area contributed by atoms with Crippen molar-refractivity contribution in [3.63, 3.8) is 0 Å². The summed E-state index contributed by atoms with van der Waals surface area (Å²) in [6.45, 7) is 0. The first-order valence-electron chi connectivity index (χ1n) is 3.88. The van der Waals surface area contributed by atoms with Crippen LogP contribution in [0.3, 0.4) is 0 Å². The van der Waals surface area contributed by atoms with Crippen LogP contribution in [-0.4, -0.2) is 18.2 Å². The molecule has 0 aliphatic heterocycles. The number of carboxylic acid groups (broad SMARTS) is 1. The number of aliphatic carboxylic acids is 1. The molecule has 0 radical (unpaired) electrons. The van der Waals surface area contributed by atoms with Crippen molar-refractivity contribution in [3.8, 4) is 5.75 Å². The smallest absolute Gasteiger partial charge is 0.328 e. The third kappa shape index (κ3) is 2.88. The molecule has 1 N–H and O–H groups in total. The highest BCUT2D eigenvalue weighted by Gasteiger charge is 1.99. The SMILES string of the molecule is COc1ccc(/C=C\C(=O)O)cc1Br. The van der Waals surface area contributed by atoms with E-state index in [2.05, 4.69) is 15.9 Å². The molecule has 0 spiro atoms. The van der Waals surface area contributed by atoms with E-state index in [1.54, 1.807) is 25.3 Å². The lowest BCUT2D eigenvalue weighted by Crippen LogP contribution is -1.87. The van der Waals surface area contributed by atoms with Crippen LogP contribution in [0.5, 0.6) is 5.75 Å². The summed E-state index contributed by atoms with van der Waals surface area (Å²) in [5.41, 5.74) is 0.806. The third-order valence-corrected chi connectivity index (χ3v) is 2.21. The van der Waals surface area contributed by atoms with Gasteiger partial charge in [-0.15, -0.1) is 0 Å². The number of hydrogen-bond donors (Lipinski definition) is 1. The van der Waals surface area contributed by atoms with Crippen molar-refractivity contribution in [3.05, 3.63) is 34.3 Å². The monoisotopic (exact) mass is 256 g/mol. The summed E-state index contributed by atoms with van der Waals surface area (Å²) in [5, 5.41) is 8.42. The topological polar surface area (TPSA) is 46.5 Å². The molecule has 0 saturated carbocycles. The van der Waals surface area contributed by atoms with E-state index in [9.17, 15) is 4.79 Å². The molecule has 0 saturated heterocycles. The predicted molar refractivity (Wildman–Crippen MR) is 57.4 cm³/mol. The maximum Gasteiger partial charge on any atom is 0.328 e. The molecule has 1 aromatic carbocycles. The van der Waals surface area contributed by atoms with Crippen LogP contribution in [0.15, 0.2) is 28.7 Å². The van der Waals surface area contributed by atoms with Gasteiger partial charge >= 0.3 is 5.97 Å². The van der Waals surface area contributed by atoms with Gasteiger partial charge in [-0.25, -0.2) is 4.79 Å². The molecule has 14 heavy (non-hydrogen) atoms. The van der Waals surface area contributed by atoms with E-state index in [1.807, 2.05) is 0 Å². The Morgan fingerprint density at radius 1 is 1.57 bits per heavy atom. The van der Waals surface area contributed by atoms with Gasteiger partial charge in [0.15, 0.2) is 0 Å². The molecule has 0 aliphatic rings. The minimum atomic E-state index is -0.961. The highest BCUT2D eigenvalue weighted by molar-refractivity contribution is 9.10. The quantitative estimate of drug-likeness (QED) is 0.846. The fourth-order valence-electron chi connectivity index (χ4n) is 0.954. The molecule has 0 fully saturated rings. The lowest BCUT2D eigenvalue weighted by atomic mass is 10.2. The number of methoxy groups -OCH3 is 1. The molecule has 0 aromatic heterocycles. The maximum atomic E-state index is 10.3. The second kappa shape index (κ2) is 4.81. The predicted octanol–water partition coefficient (Wildman–Crippen LogP) is 2.56. The Balaban J connectivity index is 2.91. The minimum absolute atomic E-state index is 0.720. The molecule has 1 aromatic rings. The highest BCUT2D eigenvalue weighted by Crippen LogP contribution is 2.25. The molecule has 0 unspecified atom stereocenters. The Kier molecular flexibility index (Phi) is 3.71. The van der Waals surface area contributed by atoms with Gasteiger partial charge < -0.3 is 9.84 Å². The van der Waals surface area contributed by atoms with Gasteiger partial charge in [-0.2, -0.15) is 0 Å². The van der Waals surface area contributed by atoms with Crippen LogP contribution in [0.1, 0.15) is 5.56 Å². The zero-order valence-electron chi connectivity index (χ0n) is 7.53.